The molecule has 0 aliphatic rings. The van der Waals surface area contributed by atoms with Gasteiger partial charge in [-0.2, -0.15) is 0 Å². The lowest BCUT2D eigenvalue weighted by molar-refractivity contribution is -0.127. The molecule has 17 heavy (non-hydrogen) atoms. The van der Waals surface area contributed by atoms with E-state index < -0.39 is 0 Å². The van der Waals surface area contributed by atoms with Crippen LogP contribution < -0.4 is 10.6 Å². The molecular formula is C13H21N3O. The second kappa shape index (κ2) is 5.57. The van der Waals surface area contributed by atoms with Gasteiger partial charge in [0.05, 0.1) is 6.54 Å². The predicted molar refractivity (Wildman–Crippen MR) is 72.2 cm³/mol. The molecule has 0 unspecified atom stereocenters. The molecule has 0 atom stereocenters. The molecule has 2 N–H and O–H groups in total. The second-order valence-corrected chi connectivity index (χ2v) is 4.35. The van der Waals surface area contributed by atoms with Gasteiger partial charge in [-0.1, -0.05) is 6.07 Å². The van der Waals surface area contributed by atoms with Crippen LogP contribution in [-0.4, -0.2) is 38.0 Å². The van der Waals surface area contributed by atoms with Crippen LogP contribution in [0.2, 0.25) is 0 Å². The maximum atomic E-state index is 11.7. The van der Waals surface area contributed by atoms with Crippen LogP contribution in [0.1, 0.15) is 12.5 Å². The van der Waals surface area contributed by atoms with Gasteiger partial charge in [0, 0.05) is 32.0 Å². The first-order valence-electron chi connectivity index (χ1n) is 5.77. The molecule has 0 aliphatic heterocycles. The Morgan fingerprint density at radius 2 is 2.00 bits per heavy atom. The summed E-state index contributed by atoms with van der Waals surface area (Å²) in [7, 11) is 3.53. The van der Waals surface area contributed by atoms with Crippen molar-refractivity contribution in [2.24, 2.45) is 0 Å². The summed E-state index contributed by atoms with van der Waals surface area (Å²) in [5.41, 5.74) is 8.67. The molecule has 0 aromatic heterocycles. The van der Waals surface area contributed by atoms with Crippen LogP contribution in [0.5, 0.6) is 0 Å². The van der Waals surface area contributed by atoms with Crippen molar-refractivity contribution >= 4 is 17.3 Å². The zero-order valence-electron chi connectivity index (χ0n) is 11.0. The fraction of sp³-hybridized carbons (Fsp3) is 0.462. The molecule has 0 radical (unpaired) electrons. The third-order valence-corrected chi connectivity index (χ3v) is 2.78. The minimum atomic E-state index is 0.0914. The Bertz CT molecular complexity index is 402. The lowest BCUT2D eigenvalue weighted by atomic mass is 10.1. The monoisotopic (exact) mass is 235 g/mol. The number of benzene rings is 1. The summed E-state index contributed by atoms with van der Waals surface area (Å²) in [5.74, 6) is 0.0914. The van der Waals surface area contributed by atoms with E-state index in [1.807, 2.05) is 36.9 Å². The van der Waals surface area contributed by atoms with Crippen molar-refractivity contribution in [3.63, 3.8) is 0 Å². The molecule has 0 aliphatic carbocycles. The molecule has 94 valence electrons. The number of likely N-dealkylation sites (N-methyl/N-ethyl adjacent to an activating group) is 2. The molecule has 4 heteroatoms. The Kier molecular flexibility index (Phi) is 4.37. The van der Waals surface area contributed by atoms with Crippen molar-refractivity contribution in [1.82, 2.24) is 4.90 Å². The lowest BCUT2D eigenvalue weighted by Gasteiger charge is -2.26. The minimum absolute atomic E-state index is 0.0914. The Hall–Kier alpha value is -1.71. The highest BCUT2D eigenvalue weighted by Crippen LogP contribution is 2.22. The molecule has 1 amide bonds. The maximum absolute atomic E-state index is 11.7. The zero-order chi connectivity index (χ0) is 13.0. The van der Waals surface area contributed by atoms with Crippen molar-refractivity contribution in [2.45, 2.75) is 13.8 Å². The maximum Gasteiger partial charge on any atom is 0.241 e. The van der Waals surface area contributed by atoms with Crippen molar-refractivity contribution in [1.29, 1.82) is 0 Å². The number of nitrogens with two attached hydrogens (primary N) is 1. The molecular weight excluding hydrogens is 214 g/mol. The van der Waals surface area contributed by atoms with E-state index in [9.17, 15) is 4.79 Å². The number of nitrogen functional groups attached to an aromatic ring is 1. The summed E-state index contributed by atoms with van der Waals surface area (Å²) in [4.78, 5) is 15.4. The normalized spacial score (nSPS) is 10.1. The molecule has 0 spiro atoms. The van der Waals surface area contributed by atoms with Gasteiger partial charge in [-0.25, -0.2) is 0 Å². The summed E-state index contributed by atoms with van der Waals surface area (Å²) < 4.78 is 0. The quantitative estimate of drug-likeness (QED) is 0.804. The summed E-state index contributed by atoms with van der Waals surface area (Å²) in [6.45, 7) is 5.22. The van der Waals surface area contributed by atoms with Gasteiger partial charge in [0.2, 0.25) is 5.91 Å². The largest absolute Gasteiger partial charge is 0.399 e. The van der Waals surface area contributed by atoms with Gasteiger partial charge in [0.25, 0.3) is 0 Å². The SMILES string of the molecule is CCN(CC(=O)N(C)C)c1cc(N)ccc1C. The van der Waals surface area contributed by atoms with Crippen molar-refractivity contribution in [3.05, 3.63) is 23.8 Å². The number of anilines is 2. The summed E-state index contributed by atoms with van der Waals surface area (Å²) >= 11 is 0. The first-order valence-corrected chi connectivity index (χ1v) is 5.77. The van der Waals surface area contributed by atoms with Gasteiger partial charge in [-0.05, 0) is 31.5 Å². The summed E-state index contributed by atoms with van der Waals surface area (Å²) in [6, 6.07) is 5.77. The first-order chi connectivity index (χ1) is 7.95. The van der Waals surface area contributed by atoms with E-state index in [1.54, 1.807) is 19.0 Å². The van der Waals surface area contributed by atoms with E-state index in [4.69, 9.17) is 5.73 Å². The van der Waals surface area contributed by atoms with Gasteiger partial charge in [0.1, 0.15) is 0 Å². The molecule has 0 bridgehead atoms. The van der Waals surface area contributed by atoms with Gasteiger partial charge in [0.15, 0.2) is 0 Å². The zero-order valence-corrected chi connectivity index (χ0v) is 11.0. The Labute approximate surface area is 103 Å². The van der Waals surface area contributed by atoms with Crippen molar-refractivity contribution < 1.29 is 4.79 Å². The average molecular weight is 235 g/mol. The minimum Gasteiger partial charge on any atom is -0.399 e. The Morgan fingerprint density at radius 3 is 2.53 bits per heavy atom. The van der Waals surface area contributed by atoms with Gasteiger partial charge in [-0.3, -0.25) is 4.79 Å². The highest BCUT2D eigenvalue weighted by atomic mass is 16.2. The molecule has 1 aromatic carbocycles. The van der Waals surface area contributed by atoms with Crippen LogP contribution in [0.15, 0.2) is 18.2 Å². The number of aryl methyl sites for hydroxylation is 1. The lowest BCUT2D eigenvalue weighted by Crippen LogP contribution is -2.36. The van der Waals surface area contributed by atoms with Gasteiger partial charge < -0.3 is 15.5 Å². The first kappa shape index (κ1) is 13.4. The molecule has 4 nitrogen and oxygen atoms in total. The smallest absolute Gasteiger partial charge is 0.241 e. The second-order valence-electron chi connectivity index (χ2n) is 4.35. The van der Waals surface area contributed by atoms with Crippen LogP contribution in [0, 0.1) is 6.92 Å². The number of nitrogens with zero attached hydrogens (tertiary/aromatic N) is 2. The number of carbonyl (C=O) groups is 1. The van der Waals surface area contributed by atoms with E-state index in [0.717, 1.165) is 23.5 Å². The molecule has 1 rings (SSSR count). The summed E-state index contributed by atoms with van der Waals surface area (Å²) in [6.07, 6.45) is 0. The number of hydrogen-bond acceptors (Lipinski definition) is 3. The number of hydrogen-bond donors (Lipinski definition) is 1. The number of rotatable bonds is 4. The van der Waals surface area contributed by atoms with E-state index in [1.165, 1.54) is 0 Å². The van der Waals surface area contributed by atoms with Crippen LogP contribution in [0.25, 0.3) is 0 Å². The molecule has 0 fully saturated rings. The van der Waals surface area contributed by atoms with E-state index >= 15 is 0 Å². The van der Waals surface area contributed by atoms with Crippen LogP contribution >= 0.6 is 0 Å². The van der Waals surface area contributed by atoms with E-state index in [2.05, 4.69) is 0 Å². The van der Waals surface area contributed by atoms with E-state index in [-0.39, 0.29) is 5.91 Å². The van der Waals surface area contributed by atoms with E-state index in [0.29, 0.717) is 6.54 Å². The third-order valence-electron chi connectivity index (χ3n) is 2.78. The number of carbonyl (C=O) groups excluding carboxylic acids is 1. The highest BCUT2D eigenvalue weighted by molar-refractivity contribution is 5.81. The molecule has 0 heterocycles. The number of amides is 1. The molecule has 0 saturated carbocycles. The molecule has 1 aromatic rings. The van der Waals surface area contributed by atoms with Crippen LogP contribution in [-0.2, 0) is 4.79 Å². The fourth-order valence-electron chi connectivity index (χ4n) is 1.64. The van der Waals surface area contributed by atoms with Crippen molar-refractivity contribution in [3.8, 4) is 0 Å². The third kappa shape index (κ3) is 3.37. The van der Waals surface area contributed by atoms with Crippen LogP contribution in [0.4, 0.5) is 11.4 Å². The Balaban J connectivity index is 2.93. The highest BCUT2D eigenvalue weighted by Gasteiger charge is 2.13. The van der Waals surface area contributed by atoms with Crippen LogP contribution in [0.3, 0.4) is 0 Å². The fourth-order valence-corrected chi connectivity index (χ4v) is 1.64. The standard InChI is InChI=1S/C13H21N3O/c1-5-16(9-13(17)15(3)4)12-8-11(14)7-6-10(12)2/h6-8H,5,9,14H2,1-4H3. The topological polar surface area (TPSA) is 49.6 Å². The van der Waals surface area contributed by atoms with Gasteiger partial charge >= 0.3 is 0 Å². The predicted octanol–water partition coefficient (Wildman–Crippen LogP) is 1.49. The molecule has 0 saturated heterocycles. The van der Waals surface area contributed by atoms with Crippen molar-refractivity contribution in [2.75, 3.05) is 37.8 Å². The Morgan fingerprint density at radius 1 is 1.35 bits per heavy atom. The van der Waals surface area contributed by atoms with Gasteiger partial charge in [-0.15, -0.1) is 0 Å². The summed E-state index contributed by atoms with van der Waals surface area (Å²) in [5, 5.41) is 0. The average Bonchev–Trinajstić information content (AvgIpc) is 2.29.